The first-order valence-electron chi connectivity index (χ1n) is 12.1. The van der Waals surface area contributed by atoms with Crippen LogP contribution in [0.5, 0.6) is 5.75 Å². The molecule has 178 valence electrons. The number of amides is 2. The average molecular weight is 495 g/mol. The molecule has 1 N–H and O–H groups in total. The van der Waals surface area contributed by atoms with E-state index >= 15 is 0 Å². The van der Waals surface area contributed by atoms with Crippen molar-refractivity contribution >= 4 is 42.0 Å². The molecule has 0 bridgehead atoms. The molecular weight excluding hydrogens is 463 g/mol. The lowest BCUT2D eigenvalue weighted by atomic mass is 10.1. The first-order chi connectivity index (χ1) is 16.6. The Balaban J connectivity index is 1.23. The quantitative estimate of drug-likeness (QED) is 0.380. The highest BCUT2D eigenvalue weighted by atomic mass is 32.1. The summed E-state index contributed by atoms with van der Waals surface area (Å²) in [5, 5.41) is 4.16. The molecule has 34 heavy (non-hydrogen) atoms. The van der Waals surface area contributed by atoms with Crippen LogP contribution in [0.25, 0.3) is 10.1 Å². The number of rotatable bonds is 9. The molecule has 1 aliphatic carbocycles. The Morgan fingerprint density at radius 2 is 1.91 bits per heavy atom. The van der Waals surface area contributed by atoms with E-state index < -0.39 is 6.04 Å². The van der Waals surface area contributed by atoms with E-state index in [0.29, 0.717) is 25.5 Å². The number of carbonyl (C=O) groups excluding carboxylic acids is 2. The molecule has 2 heterocycles. The molecule has 2 aliphatic rings. The summed E-state index contributed by atoms with van der Waals surface area (Å²) >= 11 is 1.49. The van der Waals surface area contributed by atoms with Crippen molar-refractivity contribution in [1.82, 2.24) is 10.2 Å². The van der Waals surface area contributed by atoms with Crippen LogP contribution < -0.4 is 9.84 Å². The maximum atomic E-state index is 13.2. The van der Waals surface area contributed by atoms with Gasteiger partial charge in [0.25, 0.3) is 5.91 Å². The van der Waals surface area contributed by atoms with Gasteiger partial charge in [-0.15, -0.1) is 11.3 Å². The Morgan fingerprint density at radius 1 is 1.15 bits per heavy atom. The minimum absolute atomic E-state index is 0.0905. The zero-order valence-corrected chi connectivity index (χ0v) is 21.3. The van der Waals surface area contributed by atoms with Gasteiger partial charge in [0.05, 0.1) is 13.7 Å². The summed E-state index contributed by atoms with van der Waals surface area (Å²) in [5.41, 5.74) is 1.19. The molecule has 2 aromatic carbocycles. The summed E-state index contributed by atoms with van der Waals surface area (Å²) in [4.78, 5) is 28.8. The van der Waals surface area contributed by atoms with Crippen molar-refractivity contribution in [2.75, 3.05) is 13.1 Å². The molecule has 1 saturated carbocycles. The van der Waals surface area contributed by atoms with Gasteiger partial charge in [-0.05, 0) is 78.8 Å². The lowest BCUT2D eigenvalue weighted by molar-refractivity contribution is -0.132. The van der Waals surface area contributed by atoms with Crippen LogP contribution in [0.4, 0.5) is 0 Å². The minimum Gasteiger partial charge on any atom is -0.477 e. The van der Waals surface area contributed by atoms with Crippen LogP contribution in [0.15, 0.2) is 54.6 Å². The predicted molar refractivity (Wildman–Crippen MR) is 140 cm³/mol. The summed E-state index contributed by atoms with van der Waals surface area (Å²) in [7, 11) is 0.339. The van der Waals surface area contributed by atoms with Gasteiger partial charge in [-0.3, -0.25) is 9.59 Å². The molecule has 3 aromatic rings. The number of nitrogens with zero attached hydrogens (tertiary/aromatic N) is 1. The number of hydrogen-bond acceptors (Lipinski definition) is 4. The van der Waals surface area contributed by atoms with Crippen LogP contribution in [0, 0.1) is 11.8 Å². The number of thiophene rings is 1. The van der Waals surface area contributed by atoms with Crippen molar-refractivity contribution < 1.29 is 14.1 Å². The molecule has 1 unspecified atom stereocenters. The highest BCUT2D eigenvalue weighted by molar-refractivity contribution is 7.31. The Hall–Kier alpha value is -2.43. The average Bonchev–Trinajstić information content (AvgIpc) is 3.25. The first-order valence-corrected chi connectivity index (χ1v) is 14.1. The number of benzene rings is 2. The number of nitrogens with one attached hydrogen (secondary N) is 1. The largest absolute Gasteiger partial charge is 0.477 e. The molecule has 5 nitrogen and oxygen atoms in total. The van der Waals surface area contributed by atoms with Gasteiger partial charge in [0, 0.05) is 24.0 Å². The fraction of sp³-hybridized carbons (Fsp3) is 0.407. The second-order valence-electron chi connectivity index (χ2n) is 9.49. The molecule has 4 atom stereocenters. The van der Waals surface area contributed by atoms with Crippen LogP contribution in [-0.4, -0.2) is 35.8 Å². The van der Waals surface area contributed by atoms with Gasteiger partial charge in [-0.25, -0.2) is 0 Å². The van der Waals surface area contributed by atoms with E-state index in [1.807, 2.05) is 41.3 Å². The van der Waals surface area contributed by atoms with Crippen LogP contribution in [0.1, 0.15) is 47.8 Å². The maximum absolute atomic E-state index is 13.2. The summed E-state index contributed by atoms with van der Waals surface area (Å²) in [6.45, 7) is 3.84. The highest BCUT2D eigenvalue weighted by Crippen LogP contribution is 2.41. The molecule has 7 heteroatoms. The van der Waals surface area contributed by atoms with Gasteiger partial charge in [0.15, 0.2) is 0 Å². The molecule has 0 radical (unpaired) electrons. The molecule has 5 rings (SSSR count). The predicted octanol–water partition coefficient (Wildman–Crippen LogP) is 5.84. The second kappa shape index (κ2) is 10.5. The van der Waals surface area contributed by atoms with E-state index in [1.54, 1.807) is 0 Å². The molecule has 1 aliphatic heterocycles. The Labute approximate surface area is 206 Å². The number of para-hydroxylation sites is 1. The van der Waals surface area contributed by atoms with E-state index in [9.17, 15) is 9.59 Å². The number of likely N-dealkylation sites (tertiary alicyclic amines) is 1. The zero-order valence-electron chi connectivity index (χ0n) is 19.5. The monoisotopic (exact) mass is 494 g/mol. The van der Waals surface area contributed by atoms with Crippen LogP contribution in [-0.2, 0) is 11.0 Å². The summed E-state index contributed by atoms with van der Waals surface area (Å²) in [6, 6.07) is 17.7. The maximum Gasteiger partial charge on any atom is 0.262 e. The second-order valence-corrected chi connectivity index (χ2v) is 11.4. The van der Waals surface area contributed by atoms with Gasteiger partial charge in [0.2, 0.25) is 5.91 Å². The van der Waals surface area contributed by atoms with E-state index in [1.165, 1.54) is 16.9 Å². The van der Waals surface area contributed by atoms with Gasteiger partial charge < -0.3 is 14.7 Å². The standard InChI is InChI=1S/C27H31N2O3PS/c1-18-13-20(18)15-23(27(31)29-11-5-6-12-29)28-26(30)25-16-21-14-19(9-10-24(21)34-25)17-33-32-22-7-3-2-4-8-22/h2-4,7-10,14,16,18,20,23,33H,5-6,11-13,15,17H2,1H3,(H,28,30)/t18-,20-,23+/m1/s1. The third-order valence-electron chi connectivity index (χ3n) is 6.85. The van der Waals surface area contributed by atoms with Crippen molar-refractivity contribution in [2.45, 2.75) is 44.8 Å². The Kier molecular flexibility index (Phi) is 7.17. The first kappa shape index (κ1) is 23.3. The molecule has 1 saturated heterocycles. The van der Waals surface area contributed by atoms with E-state index in [4.69, 9.17) is 4.52 Å². The summed E-state index contributed by atoms with van der Waals surface area (Å²) in [5.74, 6) is 2.03. The van der Waals surface area contributed by atoms with Gasteiger partial charge in [-0.2, -0.15) is 0 Å². The molecule has 1 aromatic heterocycles. The number of carbonyl (C=O) groups is 2. The number of fused-ring (bicyclic) bond motifs is 1. The SMILES string of the molecule is C[C@@H]1C[C@@H]1C[C@H](NC(=O)c1cc2cc(CPOc3ccccc3)ccc2s1)C(=O)N1CCCC1. The van der Waals surface area contributed by atoms with E-state index in [0.717, 1.165) is 60.8 Å². The van der Waals surface area contributed by atoms with Crippen molar-refractivity contribution in [3.63, 3.8) is 0 Å². The Bertz CT molecular complexity index is 1160. The van der Waals surface area contributed by atoms with Crippen molar-refractivity contribution in [2.24, 2.45) is 11.8 Å². The topological polar surface area (TPSA) is 58.6 Å². The normalized spacial score (nSPS) is 20.7. The molecular formula is C27H31N2O3PS. The van der Waals surface area contributed by atoms with Crippen LogP contribution in [0.2, 0.25) is 0 Å². The Morgan fingerprint density at radius 3 is 2.65 bits per heavy atom. The molecule has 2 fully saturated rings. The van der Waals surface area contributed by atoms with Gasteiger partial charge >= 0.3 is 0 Å². The number of hydrogen-bond donors (Lipinski definition) is 1. The van der Waals surface area contributed by atoms with Crippen LogP contribution >= 0.6 is 20.1 Å². The van der Waals surface area contributed by atoms with Crippen molar-refractivity contribution in [1.29, 1.82) is 0 Å². The van der Waals surface area contributed by atoms with E-state index in [2.05, 4.69) is 30.4 Å². The van der Waals surface area contributed by atoms with E-state index in [-0.39, 0.29) is 11.8 Å². The molecule has 0 spiro atoms. The van der Waals surface area contributed by atoms with Gasteiger partial charge in [-0.1, -0.05) is 31.2 Å². The van der Waals surface area contributed by atoms with Gasteiger partial charge in [0.1, 0.15) is 11.8 Å². The highest BCUT2D eigenvalue weighted by Gasteiger charge is 2.38. The summed E-state index contributed by atoms with van der Waals surface area (Å²) < 4.78 is 6.93. The van der Waals surface area contributed by atoms with Crippen LogP contribution in [0.3, 0.4) is 0 Å². The lowest BCUT2D eigenvalue weighted by Crippen LogP contribution is -2.48. The fourth-order valence-electron chi connectivity index (χ4n) is 4.64. The lowest BCUT2D eigenvalue weighted by Gasteiger charge is -2.24. The third kappa shape index (κ3) is 5.61. The summed E-state index contributed by atoms with van der Waals surface area (Å²) in [6.07, 6.45) is 4.84. The molecule has 2 amide bonds. The third-order valence-corrected chi connectivity index (χ3v) is 8.90. The zero-order chi connectivity index (χ0) is 23.5. The fourth-order valence-corrected chi connectivity index (χ4v) is 6.35. The minimum atomic E-state index is -0.419. The van der Waals surface area contributed by atoms with Crippen molar-refractivity contribution in [3.05, 3.63) is 65.0 Å². The smallest absolute Gasteiger partial charge is 0.262 e. The van der Waals surface area contributed by atoms with Crippen molar-refractivity contribution in [3.8, 4) is 5.75 Å².